The van der Waals surface area contributed by atoms with Gasteiger partial charge in [-0.05, 0) is 37.6 Å². The Balaban J connectivity index is 2.37. The Morgan fingerprint density at radius 3 is 2.88 bits per heavy atom. The Morgan fingerprint density at radius 1 is 1.29 bits per heavy atom. The molecule has 0 saturated heterocycles. The molecule has 17 heavy (non-hydrogen) atoms. The van der Waals surface area contributed by atoms with Crippen LogP contribution in [-0.4, -0.2) is 11.0 Å². The molecule has 2 rings (SSSR count). The molecule has 86 valence electrons. The van der Waals surface area contributed by atoms with Crippen LogP contribution in [0.4, 0.5) is 0 Å². The molecule has 1 heterocycles. The molecule has 0 aliphatic heterocycles. The van der Waals surface area contributed by atoms with E-state index in [1.807, 2.05) is 32.0 Å². The van der Waals surface area contributed by atoms with Crippen molar-refractivity contribution in [2.75, 3.05) is 0 Å². The van der Waals surface area contributed by atoms with Gasteiger partial charge in [-0.15, -0.1) is 0 Å². The minimum atomic E-state index is -0.0400. The smallest absolute Gasteiger partial charge is 0.0706 e. The molecule has 0 spiro atoms. The minimum Gasteiger partial charge on any atom is -0.318 e. The van der Waals surface area contributed by atoms with E-state index < -0.39 is 0 Å². The topological polar surface area (TPSA) is 38.9 Å². The first-order chi connectivity index (χ1) is 8.19. The summed E-state index contributed by atoms with van der Waals surface area (Å²) in [6.07, 6.45) is 0.876. The number of pyridine rings is 1. The predicted octanol–water partition coefficient (Wildman–Crippen LogP) is 2.63. The van der Waals surface area contributed by atoms with Crippen molar-refractivity contribution in [3.63, 3.8) is 0 Å². The summed E-state index contributed by atoms with van der Waals surface area (Å²) < 4.78 is 0. The molecule has 0 amide bonds. The number of benzene rings is 1. The first-order valence-electron chi connectivity index (χ1n) is 5.83. The third kappa shape index (κ3) is 2.83. The average molecular weight is 224 g/mol. The summed E-state index contributed by atoms with van der Waals surface area (Å²) in [6, 6.07) is 10.1. The van der Waals surface area contributed by atoms with Crippen LogP contribution >= 0.6 is 0 Å². The molecule has 0 aliphatic carbocycles. The molecule has 2 N–H and O–H groups in total. The number of hydrogen-bond donors (Lipinski definition) is 1. The quantitative estimate of drug-likeness (QED) is 0.756. The summed E-state index contributed by atoms with van der Waals surface area (Å²) >= 11 is 0. The molecule has 0 aliphatic rings. The van der Waals surface area contributed by atoms with E-state index >= 15 is 0 Å². The summed E-state index contributed by atoms with van der Waals surface area (Å²) in [4.78, 5) is 4.46. The Morgan fingerprint density at radius 2 is 2.12 bits per heavy atom. The number of nitrogens with two attached hydrogens (primary N) is 1. The number of aromatic nitrogens is 1. The highest BCUT2D eigenvalue weighted by atomic mass is 14.7. The molecule has 0 saturated carbocycles. The van der Waals surface area contributed by atoms with Crippen LogP contribution in [0.5, 0.6) is 0 Å². The lowest BCUT2D eigenvalue weighted by molar-refractivity contribution is 0.806. The molecule has 1 atom stereocenters. The molecule has 2 heteroatoms. The second kappa shape index (κ2) is 4.99. The van der Waals surface area contributed by atoms with Crippen LogP contribution in [0.25, 0.3) is 10.9 Å². The van der Waals surface area contributed by atoms with Crippen LogP contribution in [-0.2, 0) is 0 Å². The van der Waals surface area contributed by atoms with Crippen molar-refractivity contribution < 1.29 is 0 Å². The number of fused-ring (bicyclic) bond motifs is 1. The van der Waals surface area contributed by atoms with E-state index in [0.717, 1.165) is 28.6 Å². The van der Waals surface area contributed by atoms with Gasteiger partial charge >= 0.3 is 0 Å². The molecule has 1 aromatic heterocycles. The Kier molecular flexibility index (Phi) is 3.41. The first-order valence-corrected chi connectivity index (χ1v) is 5.83. The maximum atomic E-state index is 5.77. The van der Waals surface area contributed by atoms with Gasteiger partial charge in [0.05, 0.1) is 11.6 Å². The SMILES string of the molecule is CCC(N)C#Cc1ccc2nc(C)ccc2c1. The molecule has 2 aromatic rings. The van der Waals surface area contributed by atoms with Crippen LogP contribution in [0, 0.1) is 18.8 Å². The van der Waals surface area contributed by atoms with Gasteiger partial charge in [0.15, 0.2) is 0 Å². The van der Waals surface area contributed by atoms with Crippen molar-refractivity contribution in [1.29, 1.82) is 0 Å². The normalized spacial score (nSPS) is 11.9. The first kappa shape index (κ1) is 11.6. The van der Waals surface area contributed by atoms with Gasteiger partial charge < -0.3 is 5.73 Å². The largest absolute Gasteiger partial charge is 0.318 e. The summed E-state index contributed by atoms with van der Waals surface area (Å²) in [6.45, 7) is 4.03. The van der Waals surface area contributed by atoms with Crippen molar-refractivity contribution in [3.05, 3.63) is 41.6 Å². The van der Waals surface area contributed by atoms with Gasteiger partial charge in [0, 0.05) is 16.6 Å². The average Bonchev–Trinajstić information content (AvgIpc) is 2.35. The van der Waals surface area contributed by atoms with Crippen molar-refractivity contribution in [2.24, 2.45) is 5.73 Å². The maximum Gasteiger partial charge on any atom is 0.0706 e. The van der Waals surface area contributed by atoms with Crippen molar-refractivity contribution in [2.45, 2.75) is 26.3 Å². The van der Waals surface area contributed by atoms with Gasteiger partial charge in [-0.2, -0.15) is 0 Å². The third-order valence-electron chi connectivity index (χ3n) is 2.67. The van der Waals surface area contributed by atoms with E-state index in [1.165, 1.54) is 0 Å². The van der Waals surface area contributed by atoms with Gasteiger partial charge in [0.1, 0.15) is 0 Å². The summed E-state index contributed by atoms with van der Waals surface area (Å²) in [5, 5.41) is 1.12. The number of hydrogen-bond acceptors (Lipinski definition) is 2. The third-order valence-corrected chi connectivity index (χ3v) is 2.67. The standard InChI is InChI=1S/C15H16N2/c1-3-14(16)8-5-12-6-9-15-13(10-12)7-4-11(2)17-15/h4,6-7,9-10,14H,3,16H2,1-2H3. The van der Waals surface area contributed by atoms with Crippen LogP contribution in [0.1, 0.15) is 24.6 Å². The van der Waals surface area contributed by atoms with Gasteiger partial charge in [-0.25, -0.2) is 0 Å². The Labute approximate surface area is 102 Å². The molecule has 1 unspecified atom stereocenters. The predicted molar refractivity (Wildman–Crippen MR) is 71.6 cm³/mol. The highest BCUT2D eigenvalue weighted by Crippen LogP contribution is 2.14. The Hall–Kier alpha value is -1.85. The number of rotatable bonds is 1. The summed E-state index contributed by atoms with van der Waals surface area (Å²) in [7, 11) is 0. The van der Waals surface area contributed by atoms with E-state index in [-0.39, 0.29) is 6.04 Å². The highest BCUT2D eigenvalue weighted by molar-refractivity contribution is 5.80. The highest BCUT2D eigenvalue weighted by Gasteiger charge is 1.96. The summed E-state index contributed by atoms with van der Waals surface area (Å²) in [5.41, 5.74) is 8.80. The lowest BCUT2D eigenvalue weighted by atomic mass is 10.1. The van der Waals surface area contributed by atoms with E-state index in [2.05, 4.69) is 29.0 Å². The lowest BCUT2D eigenvalue weighted by Gasteiger charge is -2.00. The molecule has 2 nitrogen and oxygen atoms in total. The van der Waals surface area contributed by atoms with E-state index in [4.69, 9.17) is 5.73 Å². The zero-order valence-electron chi connectivity index (χ0n) is 10.2. The maximum absolute atomic E-state index is 5.77. The van der Waals surface area contributed by atoms with Gasteiger partial charge in [-0.3, -0.25) is 4.98 Å². The van der Waals surface area contributed by atoms with Gasteiger partial charge in [-0.1, -0.05) is 24.8 Å². The Bertz CT molecular complexity index is 591. The van der Waals surface area contributed by atoms with Gasteiger partial charge in [0.25, 0.3) is 0 Å². The fourth-order valence-corrected chi connectivity index (χ4v) is 1.58. The van der Waals surface area contributed by atoms with E-state index in [9.17, 15) is 0 Å². The van der Waals surface area contributed by atoms with Crippen LogP contribution in [0.3, 0.4) is 0 Å². The second-order valence-electron chi connectivity index (χ2n) is 4.14. The fraction of sp³-hybridized carbons (Fsp3) is 0.267. The van der Waals surface area contributed by atoms with E-state index in [0.29, 0.717) is 0 Å². The number of nitrogens with zero attached hydrogens (tertiary/aromatic N) is 1. The minimum absolute atomic E-state index is 0.0400. The molecule has 1 aromatic carbocycles. The zero-order valence-corrected chi connectivity index (χ0v) is 10.2. The molecular formula is C15H16N2. The van der Waals surface area contributed by atoms with Gasteiger partial charge in [0.2, 0.25) is 0 Å². The molecular weight excluding hydrogens is 208 g/mol. The number of aryl methyl sites for hydroxylation is 1. The van der Waals surface area contributed by atoms with Crippen LogP contribution < -0.4 is 5.73 Å². The van der Waals surface area contributed by atoms with Crippen molar-refractivity contribution in [3.8, 4) is 11.8 Å². The molecule has 0 radical (unpaired) electrons. The second-order valence-corrected chi connectivity index (χ2v) is 4.14. The fourth-order valence-electron chi connectivity index (χ4n) is 1.58. The van der Waals surface area contributed by atoms with Crippen molar-refractivity contribution in [1.82, 2.24) is 4.98 Å². The zero-order chi connectivity index (χ0) is 12.3. The molecule has 0 bridgehead atoms. The lowest BCUT2D eigenvalue weighted by Crippen LogP contribution is -2.15. The van der Waals surface area contributed by atoms with E-state index in [1.54, 1.807) is 0 Å². The van der Waals surface area contributed by atoms with Crippen LogP contribution in [0.15, 0.2) is 30.3 Å². The van der Waals surface area contributed by atoms with Crippen LogP contribution in [0.2, 0.25) is 0 Å². The monoisotopic (exact) mass is 224 g/mol. The molecule has 0 fully saturated rings. The summed E-state index contributed by atoms with van der Waals surface area (Å²) in [5.74, 6) is 6.13. The van der Waals surface area contributed by atoms with Crippen molar-refractivity contribution >= 4 is 10.9 Å².